The summed E-state index contributed by atoms with van der Waals surface area (Å²) in [7, 11) is 0. The normalized spacial score (nSPS) is 18.2. The van der Waals surface area contributed by atoms with Crippen molar-refractivity contribution in [2.45, 2.75) is 25.5 Å². The molecule has 0 aromatic carbocycles. The minimum atomic E-state index is 0. The third-order valence-corrected chi connectivity index (χ3v) is 4.42. The number of nitrogens with one attached hydrogen (secondary N) is 2. The highest BCUT2D eigenvalue weighted by molar-refractivity contribution is 7.99. The standard InChI is InChI=1S/C11H22N2OS.ClH/c1-8(9-5-12-6-9)10(14)13-7-11(2,3)15-4;/h8-9,12H,5-7H2,1-4H3,(H,13,14);1H. The van der Waals surface area contributed by atoms with E-state index in [1.807, 2.05) is 6.92 Å². The molecule has 1 amide bonds. The van der Waals surface area contributed by atoms with E-state index in [0.717, 1.165) is 19.6 Å². The predicted octanol–water partition coefficient (Wildman–Crippen LogP) is 1.52. The zero-order chi connectivity index (χ0) is 11.5. The van der Waals surface area contributed by atoms with Gasteiger partial charge in [0.25, 0.3) is 0 Å². The fourth-order valence-electron chi connectivity index (χ4n) is 1.41. The molecule has 1 saturated heterocycles. The highest BCUT2D eigenvalue weighted by atomic mass is 35.5. The lowest BCUT2D eigenvalue weighted by Gasteiger charge is -2.32. The van der Waals surface area contributed by atoms with Crippen molar-refractivity contribution in [3.8, 4) is 0 Å². The van der Waals surface area contributed by atoms with E-state index in [1.54, 1.807) is 11.8 Å². The second kappa shape index (κ2) is 6.72. The van der Waals surface area contributed by atoms with E-state index in [4.69, 9.17) is 0 Å². The van der Waals surface area contributed by atoms with Crippen LogP contribution in [0.3, 0.4) is 0 Å². The molecule has 0 spiro atoms. The van der Waals surface area contributed by atoms with Gasteiger partial charge in [0.1, 0.15) is 0 Å². The van der Waals surface area contributed by atoms with Crippen LogP contribution in [0.2, 0.25) is 0 Å². The molecular weight excluding hydrogens is 244 g/mol. The zero-order valence-electron chi connectivity index (χ0n) is 10.5. The average molecular weight is 267 g/mol. The molecule has 1 fully saturated rings. The second-order valence-electron chi connectivity index (χ2n) is 4.89. The molecule has 1 rings (SSSR count). The third-order valence-electron chi connectivity index (χ3n) is 3.17. The molecule has 0 aliphatic carbocycles. The summed E-state index contributed by atoms with van der Waals surface area (Å²) in [4.78, 5) is 11.8. The summed E-state index contributed by atoms with van der Waals surface area (Å²) < 4.78 is 0.132. The van der Waals surface area contributed by atoms with Crippen molar-refractivity contribution in [2.75, 3.05) is 25.9 Å². The molecule has 2 N–H and O–H groups in total. The molecule has 0 aromatic heterocycles. The largest absolute Gasteiger partial charge is 0.354 e. The van der Waals surface area contributed by atoms with Crippen molar-refractivity contribution in [1.82, 2.24) is 10.6 Å². The predicted molar refractivity (Wildman–Crippen MR) is 73.4 cm³/mol. The van der Waals surface area contributed by atoms with E-state index in [2.05, 4.69) is 30.7 Å². The first kappa shape index (κ1) is 16.1. The first-order chi connectivity index (χ1) is 6.96. The fraction of sp³-hybridized carbons (Fsp3) is 0.909. The van der Waals surface area contributed by atoms with Gasteiger partial charge in [0.15, 0.2) is 0 Å². The lowest BCUT2D eigenvalue weighted by atomic mass is 9.88. The molecule has 0 radical (unpaired) electrons. The fourth-order valence-corrected chi connectivity index (χ4v) is 1.63. The van der Waals surface area contributed by atoms with E-state index in [9.17, 15) is 4.79 Å². The van der Waals surface area contributed by atoms with Crippen molar-refractivity contribution in [2.24, 2.45) is 11.8 Å². The van der Waals surface area contributed by atoms with Crippen molar-refractivity contribution >= 4 is 30.1 Å². The summed E-state index contributed by atoms with van der Waals surface area (Å²) in [6.07, 6.45) is 2.07. The average Bonchev–Trinajstić information content (AvgIpc) is 2.11. The molecule has 1 unspecified atom stereocenters. The molecule has 3 nitrogen and oxygen atoms in total. The molecule has 5 heteroatoms. The van der Waals surface area contributed by atoms with E-state index in [0.29, 0.717) is 5.92 Å². The van der Waals surface area contributed by atoms with Crippen LogP contribution < -0.4 is 10.6 Å². The Kier molecular flexibility index (Phi) is 6.75. The number of hydrogen-bond donors (Lipinski definition) is 2. The molecule has 0 bridgehead atoms. The van der Waals surface area contributed by atoms with Crippen LogP contribution in [0.25, 0.3) is 0 Å². The minimum absolute atomic E-state index is 0. The van der Waals surface area contributed by atoms with Crippen LogP contribution >= 0.6 is 24.2 Å². The van der Waals surface area contributed by atoms with E-state index < -0.39 is 0 Å². The van der Waals surface area contributed by atoms with Gasteiger partial charge in [-0.3, -0.25) is 4.79 Å². The Balaban J connectivity index is 0.00000225. The van der Waals surface area contributed by atoms with Crippen molar-refractivity contribution in [3.05, 3.63) is 0 Å². The molecule has 1 heterocycles. The summed E-state index contributed by atoms with van der Waals surface area (Å²) in [6, 6.07) is 0. The Morgan fingerprint density at radius 2 is 2.12 bits per heavy atom. The topological polar surface area (TPSA) is 41.1 Å². The maximum atomic E-state index is 11.8. The van der Waals surface area contributed by atoms with Gasteiger partial charge in [0.2, 0.25) is 5.91 Å². The number of rotatable bonds is 5. The van der Waals surface area contributed by atoms with E-state index in [-0.39, 0.29) is 29.0 Å². The summed E-state index contributed by atoms with van der Waals surface area (Å²) in [6.45, 7) is 9.03. The number of carbonyl (C=O) groups is 1. The minimum Gasteiger partial charge on any atom is -0.354 e. The van der Waals surface area contributed by atoms with Crippen molar-refractivity contribution in [1.29, 1.82) is 0 Å². The molecule has 96 valence electrons. The first-order valence-electron chi connectivity index (χ1n) is 5.50. The molecule has 1 atom stereocenters. The SMILES string of the molecule is CSC(C)(C)CNC(=O)C(C)C1CNC1.Cl. The molecule has 1 aliphatic heterocycles. The van der Waals surface area contributed by atoms with Crippen molar-refractivity contribution in [3.63, 3.8) is 0 Å². The summed E-state index contributed by atoms with van der Waals surface area (Å²) in [5, 5.41) is 6.23. The van der Waals surface area contributed by atoms with Gasteiger partial charge in [-0.1, -0.05) is 6.92 Å². The zero-order valence-corrected chi connectivity index (χ0v) is 12.1. The number of carbonyl (C=O) groups excluding carboxylic acids is 1. The van der Waals surface area contributed by atoms with E-state index >= 15 is 0 Å². The summed E-state index contributed by atoms with van der Waals surface area (Å²) in [5.41, 5.74) is 0. The van der Waals surface area contributed by atoms with Crippen molar-refractivity contribution < 1.29 is 4.79 Å². The first-order valence-corrected chi connectivity index (χ1v) is 6.72. The van der Waals surface area contributed by atoms with Gasteiger partial charge in [0.05, 0.1) is 0 Å². The van der Waals surface area contributed by atoms with Crippen LogP contribution in [-0.2, 0) is 4.79 Å². The maximum Gasteiger partial charge on any atom is 0.223 e. The van der Waals surface area contributed by atoms with Crippen LogP contribution in [0.1, 0.15) is 20.8 Å². The van der Waals surface area contributed by atoms with Crippen LogP contribution in [-0.4, -0.2) is 36.5 Å². The lowest BCUT2D eigenvalue weighted by Crippen LogP contribution is -2.50. The van der Waals surface area contributed by atoms with Gasteiger partial charge in [0, 0.05) is 17.2 Å². The number of amides is 1. The third kappa shape index (κ3) is 4.52. The highest BCUT2D eigenvalue weighted by Gasteiger charge is 2.29. The molecular formula is C11H23ClN2OS. The van der Waals surface area contributed by atoms with Gasteiger partial charge >= 0.3 is 0 Å². The smallest absolute Gasteiger partial charge is 0.223 e. The van der Waals surface area contributed by atoms with Gasteiger partial charge in [-0.2, -0.15) is 11.8 Å². The lowest BCUT2D eigenvalue weighted by molar-refractivity contribution is -0.126. The monoisotopic (exact) mass is 266 g/mol. The molecule has 0 saturated carbocycles. The van der Waals surface area contributed by atoms with Crippen LogP contribution in [0.5, 0.6) is 0 Å². The Bertz CT molecular complexity index is 232. The van der Waals surface area contributed by atoms with E-state index in [1.165, 1.54) is 0 Å². The quantitative estimate of drug-likeness (QED) is 0.793. The maximum absolute atomic E-state index is 11.8. The van der Waals surface area contributed by atoms with Gasteiger partial charge < -0.3 is 10.6 Å². The molecule has 0 aromatic rings. The summed E-state index contributed by atoms with van der Waals surface area (Å²) >= 11 is 1.78. The Morgan fingerprint density at radius 1 is 1.56 bits per heavy atom. The Labute approximate surface area is 109 Å². The second-order valence-corrected chi connectivity index (χ2v) is 6.40. The Hall–Kier alpha value is 0.0700. The van der Waals surface area contributed by atoms with Crippen LogP contribution in [0.15, 0.2) is 0 Å². The molecule has 1 aliphatic rings. The summed E-state index contributed by atoms with van der Waals surface area (Å²) in [5.74, 6) is 0.870. The number of hydrogen-bond acceptors (Lipinski definition) is 3. The van der Waals surface area contributed by atoms with Gasteiger partial charge in [-0.05, 0) is 39.1 Å². The van der Waals surface area contributed by atoms with Gasteiger partial charge in [-0.25, -0.2) is 0 Å². The van der Waals surface area contributed by atoms with Crippen LogP contribution in [0.4, 0.5) is 0 Å². The highest BCUT2D eigenvalue weighted by Crippen LogP contribution is 2.20. The Morgan fingerprint density at radius 3 is 2.50 bits per heavy atom. The number of halogens is 1. The number of thioether (sulfide) groups is 1. The van der Waals surface area contributed by atoms with Crippen LogP contribution in [0, 0.1) is 11.8 Å². The van der Waals surface area contributed by atoms with Gasteiger partial charge in [-0.15, -0.1) is 12.4 Å². The molecule has 16 heavy (non-hydrogen) atoms.